The van der Waals surface area contributed by atoms with Crippen LogP contribution in [-0.2, 0) is 14.4 Å². The van der Waals surface area contributed by atoms with Crippen molar-refractivity contribution in [3.63, 3.8) is 0 Å². The summed E-state index contributed by atoms with van der Waals surface area (Å²) in [5, 5.41) is 10.00. The van der Waals surface area contributed by atoms with Crippen LogP contribution in [0.1, 0.15) is 17.2 Å². The van der Waals surface area contributed by atoms with E-state index < -0.39 is 20.4 Å². The van der Waals surface area contributed by atoms with Crippen LogP contribution < -0.4 is 4.72 Å². The van der Waals surface area contributed by atoms with Crippen LogP contribution in [0, 0.1) is 0 Å². The number of sulfonamides is 1. The van der Waals surface area contributed by atoms with Crippen molar-refractivity contribution in [3.05, 3.63) is 95.0 Å². The van der Waals surface area contributed by atoms with Gasteiger partial charge in [-0.05, 0) is 47.5 Å². The van der Waals surface area contributed by atoms with Crippen LogP contribution in [0.5, 0.6) is 5.75 Å². The molecule has 0 aliphatic rings. The quantitative estimate of drug-likeness (QED) is 0.488. The molecule has 0 aliphatic carbocycles. The molecule has 3 rings (SSSR count). The van der Waals surface area contributed by atoms with Crippen molar-refractivity contribution in [2.45, 2.75) is 15.3 Å². The highest BCUT2D eigenvalue weighted by molar-refractivity contribution is 7.89. The van der Waals surface area contributed by atoms with Gasteiger partial charge in [-0.15, -0.1) is 0 Å². The highest BCUT2D eigenvalue weighted by atomic mass is 35.5. The number of hydrogen-bond donors (Lipinski definition) is 2. The van der Waals surface area contributed by atoms with E-state index in [9.17, 15) is 13.5 Å². The molecule has 28 heavy (non-hydrogen) atoms. The van der Waals surface area contributed by atoms with Gasteiger partial charge in [-0.1, -0.05) is 77.3 Å². The standard InChI is InChI=1S/C20H16Cl3NO3S/c21-16-8-12-18(13-9-16)28(26,27)24-19(14-6-10-17(25)11-7-14)20(22,23)15-4-2-1-3-5-15/h1-13,19,24-25H. The normalized spacial score (nSPS) is 13.2. The smallest absolute Gasteiger partial charge is 0.241 e. The Morgan fingerprint density at radius 1 is 0.857 bits per heavy atom. The molecule has 0 radical (unpaired) electrons. The van der Waals surface area contributed by atoms with Crippen LogP contribution in [0.15, 0.2) is 83.8 Å². The topological polar surface area (TPSA) is 66.4 Å². The molecule has 2 N–H and O–H groups in total. The van der Waals surface area contributed by atoms with Crippen LogP contribution in [0.25, 0.3) is 0 Å². The van der Waals surface area contributed by atoms with Crippen molar-refractivity contribution < 1.29 is 13.5 Å². The Labute approximate surface area is 178 Å². The van der Waals surface area contributed by atoms with E-state index in [1.807, 2.05) is 0 Å². The lowest BCUT2D eigenvalue weighted by molar-refractivity contribution is 0.474. The monoisotopic (exact) mass is 455 g/mol. The van der Waals surface area contributed by atoms with Gasteiger partial charge in [0.1, 0.15) is 5.75 Å². The first kappa shape index (κ1) is 21.0. The summed E-state index contributed by atoms with van der Waals surface area (Å²) in [7, 11) is -3.97. The summed E-state index contributed by atoms with van der Waals surface area (Å²) >= 11 is 19.2. The summed E-state index contributed by atoms with van der Waals surface area (Å²) in [4.78, 5) is 0.0258. The maximum atomic E-state index is 13.0. The number of nitrogens with one attached hydrogen (secondary N) is 1. The summed E-state index contributed by atoms with van der Waals surface area (Å²) < 4.78 is 26.9. The highest BCUT2D eigenvalue weighted by Crippen LogP contribution is 2.46. The summed E-state index contributed by atoms with van der Waals surface area (Å²) in [5.74, 6) is 0.0394. The van der Waals surface area contributed by atoms with E-state index in [4.69, 9.17) is 34.8 Å². The van der Waals surface area contributed by atoms with Crippen molar-refractivity contribution in [2.24, 2.45) is 0 Å². The molecule has 4 nitrogen and oxygen atoms in total. The molecule has 0 spiro atoms. The van der Waals surface area contributed by atoms with Gasteiger partial charge in [0, 0.05) is 5.02 Å². The van der Waals surface area contributed by atoms with Gasteiger partial charge in [-0.25, -0.2) is 13.1 Å². The first-order valence-corrected chi connectivity index (χ1v) is 10.8. The third-order valence-corrected chi connectivity index (χ3v) is 6.71. The largest absolute Gasteiger partial charge is 0.508 e. The minimum Gasteiger partial charge on any atom is -0.508 e. The second-order valence-electron chi connectivity index (χ2n) is 6.09. The van der Waals surface area contributed by atoms with Crippen LogP contribution in [-0.4, -0.2) is 13.5 Å². The second-order valence-corrected chi connectivity index (χ2v) is 9.62. The van der Waals surface area contributed by atoms with Gasteiger partial charge in [0.15, 0.2) is 4.33 Å². The molecule has 0 saturated heterocycles. The average Bonchev–Trinajstić information content (AvgIpc) is 2.68. The van der Waals surface area contributed by atoms with Gasteiger partial charge in [0.25, 0.3) is 0 Å². The Morgan fingerprint density at radius 3 is 2.00 bits per heavy atom. The van der Waals surface area contributed by atoms with Gasteiger partial charge in [-0.3, -0.25) is 0 Å². The van der Waals surface area contributed by atoms with Crippen LogP contribution >= 0.6 is 34.8 Å². The Hall–Kier alpha value is -1.76. The van der Waals surface area contributed by atoms with E-state index in [1.165, 1.54) is 36.4 Å². The molecular formula is C20H16Cl3NO3S. The fraction of sp³-hybridized carbons (Fsp3) is 0.100. The van der Waals surface area contributed by atoms with E-state index in [0.29, 0.717) is 16.1 Å². The number of phenolic OH excluding ortho intramolecular Hbond substituents is 1. The number of aromatic hydroxyl groups is 1. The Balaban J connectivity index is 2.06. The molecule has 8 heteroatoms. The number of rotatable bonds is 6. The predicted octanol–water partition coefficient (Wildman–Crippen LogP) is 5.40. The lowest BCUT2D eigenvalue weighted by Gasteiger charge is -2.31. The zero-order valence-corrected chi connectivity index (χ0v) is 17.5. The van der Waals surface area contributed by atoms with Crippen molar-refractivity contribution in [1.29, 1.82) is 0 Å². The van der Waals surface area contributed by atoms with E-state index in [2.05, 4.69) is 4.72 Å². The molecule has 0 heterocycles. The number of benzene rings is 3. The summed E-state index contributed by atoms with van der Waals surface area (Å²) in [5.41, 5.74) is 1.01. The summed E-state index contributed by atoms with van der Waals surface area (Å²) in [6, 6.07) is 19.5. The predicted molar refractivity (Wildman–Crippen MR) is 112 cm³/mol. The van der Waals surface area contributed by atoms with Crippen LogP contribution in [0.3, 0.4) is 0 Å². The van der Waals surface area contributed by atoms with Crippen molar-refractivity contribution in [2.75, 3.05) is 0 Å². The molecule has 0 aromatic heterocycles. The van der Waals surface area contributed by atoms with Crippen molar-refractivity contribution in [1.82, 2.24) is 4.72 Å². The Morgan fingerprint density at radius 2 is 1.43 bits per heavy atom. The van der Waals surface area contributed by atoms with E-state index in [1.54, 1.807) is 42.5 Å². The van der Waals surface area contributed by atoms with E-state index in [-0.39, 0.29) is 10.6 Å². The SMILES string of the molecule is O=S(=O)(NC(c1ccc(O)cc1)C(Cl)(Cl)c1ccccc1)c1ccc(Cl)cc1. The molecule has 1 unspecified atom stereocenters. The fourth-order valence-corrected chi connectivity index (χ4v) is 4.80. The lowest BCUT2D eigenvalue weighted by Crippen LogP contribution is -2.38. The van der Waals surface area contributed by atoms with Gasteiger partial charge in [0.05, 0.1) is 10.9 Å². The second kappa shape index (κ2) is 8.31. The number of alkyl halides is 2. The first-order valence-electron chi connectivity index (χ1n) is 8.20. The molecule has 0 aliphatic heterocycles. The third-order valence-electron chi connectivity index (χ3n) is 4.14. The molecular weight excluding hydrogens is 441 g/mol. The highest BCUT2D eigenvalue weighted by Gasteiger charge is 2.40. The van der Waals surface area contributed by atoms with Gasteiger partial charge >= 0.3 is 0 Å². The molecule has 0 bridgehead atoms. The Kier molecular flexibility index (Phi) is 6.22. The molecule has 1 atom stereocenters. The minimum atomic E-state index is -3.97. The fourth-order valence-electron chi connectivity index (χ4n) is 2.68. The third kappa shape index (κ3) is 4.62. The van der Waals surface area contributed by atoms with Crippen molar-refractivity contribution >= 4 is 44.8 Å². The van der Waals surface area contributed by atoms with Gasteiger partial charge < -0.3 is 5.11 Å². The Bertz CT molecular complexity index is 1040. The number of phenols is 1. The van der Waals surface area contributed by atoms with Crippen molar-refractivity contribution in [3.8, 4) is 5.75 Å². The zero-order chi connectivity index (χ0) is 20.4. The van der Waals surface area contributed by atoms with Gasteiger partial charge in [-0.2, -0.15) is 0 Å². The maximum Gasteiger partial charge on any atom is 0.241 e. The number of halogens is 3. The maximum absolute atomic E-state index is 13.0. The average molecular weight is 457 g/mol. The van der Waals surface area contributed by atoms with Crippen LogP contribution in [0.4, 0.5) is 0 Å². The molecule has 0 amide bonds. The molecule has 0 saturated carbocycles. The molecule has 0 fully saturated rings. The van der Waals surface area contributed by atoms with Gasteiger partial charge in [0.2, 0.25) is 10.0 Å². The number of hydrogen-bond acceptors (Lipinski definition) is 3. The van der Waals surface area contributed by atoms with E-state index >= 15 is 0 Å². The van der Waals surface area contributed by atoms with E-state index in [0.717, 1.165) is 0 Å². The van der Waals surface area contributed by atoms with Crippen LogP contribution in [0.2, 0.25) is 5.02 Å². The minimum absolute atomic E-state index is 0.0258. The lowest BCUT2D eigenvalue weighted by atomic mass is 9.98. The summed E-state index contributed by atoms with van der Waals surface area (Å²) in [6.07, 6.45) is 0. The zero-order valence-electron chi connectivity index (χ0n) is 14.4. The molecule has 146 valence electrons. The summed E-state index contributed by atoms with van der Waals surface area (Å²) in [6.45, 7) is 0. The first-order chi connectivity index (χ1) is 13.2. The molecule has 3 aromatic carbocycles. The molecule has 3 aromatic rings.